The van der Waals surface area contributed by atoms with Crippen LogP contribution in [0.15, 0.2) is 0 Å². The molecule has 16 heavy (non-hydrogen) atoms. The summed E-state index contributed by atoms with van der Waals surface area (Å²) >= 11 is 0. The Hall–Kier alpha value is -0.610. The number of carboxylic acid groups (broad SMARTS) is 1. The molecule has 0 aromatic rings. The van der Waals surface area contributed by atoms with Crippen molar-refractivity contribution in [1.29, 1.82) is 0 Å². The van der Waals surface area contributed by atoms with E-state index in [2.05, 4.69) is 32.6 Å². The number of carboxylic acids is 1. The minimum atomic E-state index is -0.885. The maximum atomic E-state index is 10.4. The largest absolute Gasteiger partial charge is 0.480 e. The second-order valence-electron chi connectivity index (χ2n) is 5.16. The molecule has 1 heterocycles. The van der Waals surface area contributed by atoms with Crippen LogP contribution in [0.4, 0.5) is 0 Å². The lowest BCUT2D eigenvalue weighted by molar-refractivity contribution is -0.144. The van der Waals surface area contributed by atoms with E-state index in [1.165, 1.54) is 0 Å². The molecule has 0 radical (unpaired) electrons. The molecule has 4 heteroatoms. The Kier molecular flexibility index (Phi) is 4.74. The minimum absolute atomic E-state index is 0.0749. The van der Waals surface area contributed by atoms with Crippen LogP contribution in [0.25, 0.3) is 0 Å². The van der Waals surface area contributed by atoms with Crippen LogP contribution in [-0.2, 0) is 9.53 Å². The molecule has 1 aliphatic rings. The van der Waals surface area contributed by atoms with Gasteiger partial charge in [-0.2, -0.15) is 0 Å². The van der Waals surface area contributed by atoms with E-state index in [1.807, 2.05) is 0 Å². The van der Waals surface area contributed by atoms with Gasteiger partial charge in [-0.3, -0.25) is 4.90 Å². The van der Waals surface area contributed by atoms with Gasteiger partial charge in [-0.1, -0.05) is 13.8 Å². The predicted octanol–water partition coefficient (Wildman–Crippen LogP) is 1.59. The van der Waals surface area contributed by atoms with E-state index in [0.717, 1.165) is 13.0 Å². The number of aliphatic carboxylic acids is 1. The van der Waals surface area contributed by atoms with Crippen LogP contribution < -0.4 is 0 Å². The normalized spacial score (nSPS) is 26.9. The van der Waals surface area contributed by atoms with Gasteiger partial charge in [0, 0.05) is 18.6 Å². The zero-order valence-electron chi connectivity index (χ0n) is 10.6. The van der Waals surface area contributed by atoms with E-state index in [9.17, 15) is 4.79 Å². The molecule has 0 aromatic carbocycles. The molecule has 2 unspecified atom stereocenters. The highest BCUT2D eigenvalue weighted by Crippen LogP contribution is 2.27. The second kappa shape index (κ2) is 5.64. The highest BCUT2D eigenvalue weighted by atomic mass is 16.5. The van der Waals surface area contributed by atoms with Crippen molar-refractivity contribution >= 4 is 5.97 Å². The van der Waals surface area contributed by atoms with Gasteiger partial charge in [0.1, 0.15) is 6.61 Å². The van der Waals surface area contributed by atoms with E-state index in [0.29, 0.717) is 18.0 Å². The molecule has 1 rings (SSSR count). The third kappa shape index (κ3) is 3.46. The molecular formula is C12H23NO3. The Bertz CT molecular complexity index is 224. The number of ether oxygens (including phenoxy) is 1. The fraction of sp³-hybridized carbons (Fsp3) is 0.917. The maximum Gasteiger partial charge on any atom is 0.329 e. The summed E-state index contributed by atoms with van der Waals surface area (Å²) in [4.78, 5) is 12.9. The fourth-order valence-corrected chi connectivity index (χ4v) is 2.41. The van der Waals surface area contributed by atoms with Crippen molar-refractivity contribution in [3.8, 4) is 0 Å². The van der Waals surface area contributed by atoms with Crippen molar-refractivity contribution < 1.29 is 14.6 Å². The van der Waals surface area contributed by atoms with E-state index in [-0.39, 0.29) is 12.7 Å². The summed E-state index contributed by atoms with van der Waals surface area (Å²) in [5.41, 5.74) is 0. The third-order valence-electron chi connectivity index (χ3n) is 3.22. The average Bonchev–Trinajstić information content (AvgIpc) is 2.58. The van der Waals surface area contributed by atoms with Crippen LogP contribution in [-0.4, -0.2) is 47.3 Å². The second-order valence-corrected chi connectivity index (χ2v) is 5.16. The Morgan fingerprint density at radius 1 is 1.44 bits per heavy atom. The van der Waals surface area contributed by atoms with Crippen LogP contribution in [0, 0.1) is 5.92 Å². The van der Waals surface area contributed by atoms with Gasteiger partial charge in [0.05, 0.1) is 6.10 Å². The van der Waals surface area contributed by atoms with Crippen molar-refractivity contribution in [3.63, 3.8) is 0 Å². The van der Waals surface area contributed by atoms with Gasteiger partial charge in [0.15, 0.2) is 0 Å². The molecule has 0 amide bonds. The Labute approximate surface area is 97.6 Å². The Morgan fingerprint density at radius 2 is 2.06 bits per heavy atom. The SMILES string of the molecule is CC(C)C1CC(OCC(=O)O)CN1C(C)C. The molecule has 1 saturated heterocycles. The molecular weight excluding hydrogens is 206 g/mol. The number of likely N-dealkylation sites (tertiary alicyclic amines) is 1. The minimum Gasteiger partial charge on any atom is -0.480 e. The summed E-state index contributed by atoms with van der Waals surface area (Å²) in [7, 11) is 0. The smallest absolute Gasteiger partial charge is 0.329 e. The van der Waals surface area contributed by atoms with Crippen molar-refractivity contribution in [2.45, 2.75) is 52.3 Å². The topological polar surface area (TPSA) is 49.8 Å². The van der Waals surface area contributed by atoms with Gasteiger partial charge in [0.2, 0.25) is 0 Å². The van der Waals surface area contributed by atoms with E-state index in [4.69, 9.17) is 9.84 Å². The summed E-state index contributed by atoms with van der Waals surface area (Å²) in [6.45, 7) is 9.44. The van der Waals surface area contributed by atoms with Crippen molar-refractivity contribution in [2.24, 2.45) is 5.92 Å². The lowest BCUT2D eigenvalue weighted by Gasteiger charge is -2.30. The number of rotatable bonds is 5. The van der Waals surface area contributed by atoms with Crippen molar-refractivity contribution in [2.75, 3.05) is 13.2 Å². The highest BCUT2D eigenvalue weighted by molar-refractivity contribution is 5.68. The summed E-state index contributed by atoms with van der Waals surface area (Å²) in [6.07, 6.45) is 1.02. The number of hydrogen-bond acceptors (Lipinski definition) is 3. The zero-order valence-corrected chi connectivity index (χ0v) is 10.6. The van der Waals surface area contributed by atoms with Crippen LogP contribution in [0.1, 0.15) is 34.1 Å². The van der Waals surface area contributed by atoms with Gasteiger partial charge in [-0.25, -0.2) is 4.79 Å². The van der Waals surface area contributed by atoms with E-state index < -0.39 is 5.97 Å². The Morgan fingerprint density at radius 3 is 2.44 bits per heavy atom. The van der Waals surface area contributed by atoms with Crippen LogP contribution in [0.2, 0.25) is 0 Å². The molecule has 2 atom stereocenters. The number of nitrogens with zero attached hydrogens (tertiary/aromatic N) is 1. The summed E-state index contributed by atoms with van der Waals surface area (Å²) < 4.78 is 5.38. The van der Waals surface area contributed by atoms with E-state index in [1.54, 1.807) is 0 Å². The van der Waals surface area contributed by atoms with Gasteiger partial charge in [-0.15, -0.1) is 0 Å². The summed E-state index contributed by atoms with van der Waals surface area (Å²) in [5.74, 6) is -0.301. The quantitative estimate of drug-likeness (QED) is 0.778. The molecule has 0 bridgehead atoms. The highest BCUT2D eigenvalue weighted by Gasteiger charge is 2.35. The van der Waals surface area contributed by atoms with Crippen molar-refractivity contribution in [3.05, 3.63) is 0 Å². The average molecular weight is 229 g/mol. The van der Waals surface area contributed by atoms with Crippen LogP contribution in [0.5, 0.6) is 0 Å². The first-order valence-electron chi connectivity index (χ1n) is 6.01. The van der Waals surface area contributed by atoms with E-state index >= 15 is 0 Å². The first-order chi connectivity index (χ1) is 7.41. The maximum absolute atomic E-state index is 10.4. The van der Waals surface area contributed by atoms with Gasteiger partial charge in [0.25, 0.3) is 0 Å². The monoisotopic (exact) mass is 229 g/mol. The summed E-state index contributed by atoms with van der Waals surface area (Å²) in [6, 6.07) is 1.00. The molecule has 4 nitrogen and oxygen atoms in total. The lowest BCUT2D eigenvalue weighted by Crippen LogP contribution is -2.38. The molecule has 0 saturated carbocycles. The Balaban J connectivity index is 2.51. The molecule has 0 spiro atoms. The third-order valence-corrected chi connectivity index (χ3v) is 3.22. The number of carbonyl (C=O) groups is 1. The molecule has 1 N–H and O–H groups in total. The lowest BCUT2D eigenvalue weighted by atomic mass is 10.0. The van der Waals surface area contributed by atoms with Crippen LogP contribution >= 0.6 is 0 Å². The first kappa shape index (κ1) is 13.5. The predicted molar refractivity (Wildman–Crippen MR) is 62.5 cm³/mol. The van der Waals surface area contributed by atoms with Gasteiger partial charge < -0.3 is 9.84 Å². The number of hydrogen-bond donors (Lipinski definition) is 1. The first-order valence-corrected chi connectivity index (χ1v) is 6.01. The van der Waals surface area contributed by atoms with Gasteiger partial charge >= 0.3 is 5.97 Å². The van der Waals surface area contributed by atoms with Crippen LogP contribution in [0.3, 0.4) is 0 Å². The van der Waals surface area contributed by atoms with Crippen molar-refractivity contribution in [1.82, 2.24) is 4.90 Å². The molecule has 1 fully saturated rings. The fourth-order valence-electron chi connectivity index (χ4n) is 2.41. The molecule has 0 aromatic heterocycles. The standard InChI is InChI=1S/C12H23NO3/c1-8(2)11-5-10(16-7-12(14)15)6-13(11)9(3)4/h8-11H,5-7H2,1-4H3,(H,14,15). The zero-order chi connectivity index (χ0) is 12.3. The summed E-state index contributed by atoms with van der Waals surface area (Å²) in [5, 5.41) is 8.59. The molecule has 94 valence electrons. The van der Waals surface area contributed by atoms with Gasteiger partial charge in [-0.05, 0) is 26.2 Å². The molecule has 1 aliphatic heterocycles. The molecule has 0 aliphatic carbocycles.